The van der Waals surface area contributed by atoms with Crippen molar-refractivity contribution in [3.05, 3.63) is 224 Å². The molecule has 1 aliphatic carbocycles. The minimum Gasteiger partial charge on any atom is -0.310 e. The first-order chi connectivity index (χ1) is 27.8. The highest BCUT2D eigenvalue weighted by atomic mass is 15.1. The molecule has 10 rings (SSSR count). The van der Waals surface area contributed by atoms with Crippen LogP contribution in [0.3, 0.4) is 0 Å². The number of allylic oxidation sites excluding steroid dienone is 4. The van der Waals surface area contributed by atoms with Crippen molar-refractivity contribution in [1.29, 1.82) is 0 Å². The molecule has 8 aromatic carbocycles. The zero-order chi connectivity index (χ0) is 37.3. The van der Waals surface area contributed by atoms with Crippen LogP contribution in [0.2, 0.25) is 0 Å². The summed E-state index contributed by atoms with van der Waals surface area (Å²) >= 11 is 0. The molecular weight excluding hydrogens is 677 g/mol. The Hall–Kier alpha value is -7.16. The molecule has 0 aliphatic heterocycles. The molecule has 1 aromatic heterocycles. The lowest BCUT2D eigenvalue weighted by atomic mass is 9.95. The lowest BCUT2D eigenvalue weighted by molar-refractivity contribution is 1.05. The first kappa shape index (κ1) is 33.4. The molecule has 0 N–H and O–H groups in total. The Morgan fingerprint density at radius 1 is 0.411 bits per heavy atom. The van der Waals surface area contributed by atoms with Gasteiger partial charge in [-0.2, -0.15) is 0 Å². The zero-order valence-corrected chi connectivity index (χ0v) is 31.1. The monoisotopic (exact) mass is 716 g/mol. The van der Waals surface area contributed by atoms with E-state index in [2.05, 4.69) is 228 Å². The Morgan fingerprint density at radius 3 is 1.52 bits per heavy atom. The molecule has 1 heterocycles. The van der Waals surface area contributed by atoms with Gasteiger partial charge in [-0.1, -0.05) is 158 Å². The third-order valence-electron chi connectivity index (χ3n) is 11.1. The predicted molar refractivity (Wildman–Crippen MR) is 238 cm³/mol. The van der Waals surface area contributed by atoms with E-state index in [1.807, 2.05) is 0 Å². The second-order valence-corrected chi connectivity index (χ2v) is 14.5. The van der Waals surface area contributed by atoms with Gasteiger partial charge in [0.2, 0.25) is 0 Å². The first-order valence-corrected chi connectivity index (χ1v) is 19.5. The number of anilines is 3. The molecule has 1 aliphatic rings. The van der Waals surface area contributed by atoms with E-state index in [4.69, 9.17) is 0 Å². The molecule has 266 valence electrons. The van der Waals surface area contributed by atoms with Crippen LogP contribution in [0.4, 0.5) is 17.1 Å². The Morgan fingerprint density at radius 2 is 0.911 bits per heavy atom. The zero-order valence-electron chi connectivity index (χ0n) is 31.1. The molecule has 0 saturated heterocycles. The highest BCUT2D eigenvalue weighted by Gasteiger charge is 2.19. The van der Waals surface area contributed by atoms with Gasteiger partial charge in [0.05, 0.1) is 16.7 Å². The van der Waals surface area contributed by atoms with Crippen LogP contribution in [-0.2, 0) is 0 Å². The van der Waals surface area contributed by atoms with Gasteiger partial charge in [0.15, 0.2) is 0 Å². The van der Waals surface area contributed by atoms with Gasteiger partial charge in [-0.3, -0.25) is 0 Å². The average Bonchev–Trinajstić information content (AvgIpc) is 3.62. The van der Waals surface area contributed by atoms with E-state index in [1.54, 1.807) is 0 Å². The van der Waals surface area contributed by atoms with Crippen molar-refractivity contribution in [2.45, 2.75) is 12.8 Å². The van der Waals surface area contributed by atoms with Crippen molar-refractivity contribution in [2.24, 2.45) is 0 Å². The number of aromatic nitrogens is 1. The summed E-state index contributed by atoms with van der Waals surface area (Å²) in [6.45, 7) is 0. The Bertz CT molecular complexity index is 2810. The molecule has 0 bridgehead atoms. The van der Waals surface area contributed by atoms with Crippen molar-refractivity contribution in [1.82, 2.24) is 4.57 Å². The summed E-state index contributed by atoms with van der Waals surface area (Å²) in [7, 11) is 0. The molecule has 0 fully saturated rings. The van der Waals surface area contributed by atoms with E-state index >= 15 is 0 Å². The third-order valence-corrected chi connectivity index (χ3v) is 11.1. The largest absolute Gasteiger partial charge is 0.310 e. The van der Waals surface area contributed by atoms with Crippen LogP contribution in [0.15, 0.2) is 218 Å². The summed E-state index contributed by atoms with van der Waals surface area (Å²) in [4.78, 5) is 2.41. The van der Waals surface area contributed by atoms with Gasteiger partial charge < -0.3 is 9.47 Å². The number of benzene rings is 8. The Kier molecular flexibility index (Phi) is 8.70. The van der Waals surface area contributed by atoms with Gasteiger partial charge in [-0.25, -0.2) is 0 Å². The van der Waals surface area contributed by atoms with E-state index in [0.717, 1.165) is 35.6 Å². The van der Waals surface area contributed by atoms with Crippen molar-refractivity contribution in [3.8, 4) is 39.1 Å². The van der Waals surface area contributed by atoms with Crippen molar-refractivity contribution in [2.75, 3.05) is 4.90 Å². The fourth-order valence-electron chi connectivity index (χ4n) is 8.29. The molecular formula is C54H40N2. The smallest absolute Gasteiger partial charge is 0.0541 e. The standard InChI is InChI=1S/C54H40N2/c1-4-14-39(15-5-1)41-24-31-46(32-25-41)55(47-33-26-42(27-34-47)40-16-6-2-7-17-40)54-37-30-45(38-51(54)44-18-8-3-9-19-44)43-28-35-48(36-29-43)56-52-22-12-10-20-49(52)50-21-11-13-23-53(50)56/h1-6,8-16,18-38H,7,17H2. The molecule has 56 heavy (non-hydrogen) atoms. The highest BCUT2D eigenvalue weighted by molar-refractivity contribution is 6.09. The predicted octanol–water partition coefficient (Wildman–Crippen LogP) is 15.0. The van der Waals surface area contributed by atoms with Gasteiger partial charge in [-0.15, -0.1) is 0 Å². The molecule has 2 heteroatoms. The normalized spacial score (nSPS) is 12.5. The second kappa shape index (κ2) is 14.6. The van der Waals surface area contributed by atoms with Crippen LogP contribution < -0.4 is 4.90 Å². The van der Waals surface area contributed by atoms with Crippen molar-refractivity contribution in [3.63, 3.8) is 0 Å². The molecule has 2 nitrogen and oxygen atoms in total. The molecule has 0 atom stereocenters. The fraction of sp³-hybridized carbons (Fsp3) is 0.0370. The number of rotatable bonds is 8. The summed E-state index contributed by atoms with van der Waals surface area (Å²) in [5, 5.41) is 2.54. The first-order valence-electron chi connectivity index (χ1n) is 19.5. The quantitative estimate of drug-likeness (QED) is 0.152. The molecule has 0 unspecified atom stereocenters. The van der Waals surface area contributed by atoms with Crippen LogP contribution >= 0.6 is 0 Å². The summed E-state index contributed by atoms with van der Waals surface area (Å²) in [5.74, 6) is 0. The van der Waals surface area contributed by atoms with E-state index in [0.29, 0.717) is 0 Å². The van der Waals surface area contributed by atoms with Crippen molar-refractivity contribution < 1.29 is 0 Å². The van der Waals surface area contributed by atoms with Gasteiger partial charge in [0.1, 0.15) is 0 Å². The number of hydrogen-bond acceptors (Lipinski definition) is 1. The minimum atomic E-state index is 1.07. The number of para-hydroxylation sites is 2. The summed E-state index contributed by atoms with van der Waals surface area (Å²) in [6.07, 6.45) is 8.83. The van der Waals surface area contributed by atoms with Crippen LogP contribution in [0.5, 0.6) is 0 Å². The van der Waals surface area contributed by atoms with E-state index < -0.39 is 0 Å². The maximum absolute atomic E-state index is 2.41. The lowest BCUT2D eigenvalue weighted by Crippen LogP contribution is -2.11. The SMILES string of the molecule is C1=CCCC(c2ccc(N(c3ccc(-c4ccccc4)cc3)c3ccc(-c4ccc(-n5c6ccccc6c6ccccc65)cc4)cc3-c3ccccc3)cc2)=C1. The van der Waals surface area contributed by atoms with E-state index in [-0.39, 0.29) is 0 Å². The van der Waals surface area contributed by atoms with Crippen LogP contribution in [-0.4, -0.2) is 4.57 Å². The fourth-order valence-corrected chi connectivity index (χ4v) is 8.29. The molecule has 0 amide bonds. The Labute approximate surface area is 328 Å². The molecule has 0 radical (unpaired) electrons. The van der Waals surface area contributed by atoms with Gasteiger partial charge in [-0.05, 0) is 112 Å². The van der Waals surface area contributed by atoms with Crippen LogP contribution in [0.1, 0.15) is 18.4 Å². The number of hydrogen-bond donors (Lipinski definition) is 0. The highest BCUT2D eigenvalue weighted by Crippen LogP contribution is 2.44. The average molecular weight is 717 g/mol. The van der Waals surface area contributed by atoms with Gasteiger partial charge in [0, 0.05) is 33.4 Å². The van der Waals surface area contributed by atoms with Crippen LogP contribution in [0.25, 0.3) is 66.4 Å². The molecule has 0 saturated carbocycles. The van der Waals surface area contributed by atoms with Gasteiger partial charge in [0.25, 0.3) is 0 Å². The van der Waals surface area contributed by atoms with Gasteiger partial charge >= 0.3 is 0 Å². The summed E-state index contributed by atoms with van der Waals surface area (Å²) in [6, 6.07) is 72.8. The van der Waals surface area contributed by atoms with E-state index in [9.17, 15) is 0 Å². The Balaban J connectivity index is 1.08. The summed E-state index contributed by atoms with van der Waals surface area (Å²) < 4.78 is 2.38. The maximum atomic E-state index is 2.41. The second-order valence-electron chi connectivity index (χ2n) is 14.5. The lowest BCUT2D eigenvalue weighted by Gasteiger charge is -2.29. The maximum Gasteiger partial charge on any atom is 0.0541 e. The number of nitrogens with zero attached hydrogens (tertiary/aromatic N) is 2. The van der Waals surface area contributed by atoms with Crippen molar-refractivity contribution >= 4 is 44.4 Å². The third kappa shape index (κ3) is 6.22. The topological polar surface area (TPSA) is 8.17 Å². The van der Waals surface area contributed by atoms with Crippen LogP contribution in [0, 0.1) is 0 Å². The van der Waals surface area contributed by atoms with E-state index in [1.165, 1.54) is 66.3 Å². The molecule has 9 aromatic rings. The number of fused-ring (bicyclic) bond motifs is 3. The minimum absolute atomic E-state index is 1.07. The summed E-state index contributed by atoms with van der Waals surface area (Å²) in [5.41, 5.74) is 16.7. The molecule has 0 spiro atoms.